The Morgan fingerprint density at radius 3 is 2.73 bits per heavy atom. The standard InChI is InChI=1S/C20H27ClN4O/c1-13-11-14(9-10-22-13)23-19(26)16-12-25(20(2,3)4)24-18(16)15-7-5-6-8-17(15)21/h5-8,12-14,22H,9-11H2,1-4H3,(H,23,26). The number of benzene rings is 1. The molecule has 0 aliphatic carbocycles. The number of halogens is 1. The Kier molecular flexibility index (Phi) is 5.39. The number of nitrogens with one attached hydrogen (secondary N) is 2. The molecular weight excluding hydrogens is 348 g/mol. The summed E-state index contributed by atoms with van der Waals surface area (Å²) in [5.41, 5.74) is 1.75. The topological polar surface area (TPSA) is 59.0 Å². The minimum atomic E-state index is -0.224. The molecule has 2 aromatic rings. The van der Waals surface area contributed by atoms with E-state index in [0.29, 0.717) is 22.3 Å². The Hall–Kier alpha value is -1.85. The van der Waals surface area contributed by atoms with Crippen LogP contribution in [0, 0.1) is 0 Å². The van der Waals surface area contributed by atoms with Gasteiger partial charge in [0.2, 0.25) is 0 Å². The first-order valence-corrected chi connectivity index (χ1v) is 9.53. The van der Waals surface area contributed by atoms with Crippen LogP contribution in [0.25, 0.3) is 11.3 Å². The number of carbonyl (C=O) groups is 1. The molecule has 1 aromatic heterocycles. The lowest BCUT2D eigenvalue weighted by Crippen LogP contribution is -2.46. The monoisotopic (exact) mass is 374 g/mol. The van der Waals surface area contributed by atoms with E-state index in [-0.39, 0.29) is 17.5 Å². The van der Waals surface area contributed by atoms with Gasteiger partial charge in [-0.05, 0) is 53.1 Å². The molecule has 1 aliphatic rings. The molecule has 0 bridgehead atoms. The van der Waals surface area contributed by atoms with E-state index in [9.17, 15) is 4.79 Å². The van der Waals surface area contributed by atoms with Gasteiger partial charge in [-0.2, -0.15) is 5.10 Å². The zero-order valence-electron chi connectivity index (χ0n) is 15.8. The van der Waals surface area contributed by atoms with Crippen molar-refractivity contribution in [2.75, 3.05) is 6.54 Å². The molecule has 3 rings (SSSR count). The third-order valence-electron chi connectivity index (χ3n) is 4.73. The second kappa shape index (κ2) is 7.41. The van der Waals surface area contributed by atoms with E-state index < -0.39 is 0 Å². The van der Waals surface area contributed by atoms with Gasteiger partial charge in [0.05, 0.1) is 16.1 Å². The van der Waals surface area contributed by atoms with E-state index >= 15 is 0 Å². The number of carbonyl (C=O) groups excluding carboxylic acids is 1. The number of rotatable bonds is 3. The van der Waals surface area contributed by atoms with Gasteiger partial charge in [0.15, 0.2) is 0 Å². The van der Waals surface area contributed by atoms with Crippen molar-refractivity contribution in [1.29, 1.82) is 0 Å². The fourth-order valence-corrected chi connectivity index (χ4v) is 3.49. The first-order valence-electron chi connectivity index (χ1n) is 9.15. The molecule has 0 radical (unpaired) electrons. The van der Waals surface area contributed by atoms with E-state index in [1.165, 1.54) is 0 Å². The normalized spacial score (nSPS) is 20.8. The highest BCUT2D eigenvalue weighted by molar-refractivity contribution is 6.33. The zero-order valence-corrected chi connectivity index (χ0v) is 16.6. The SMILES string of the molecule is CC1CC(NC(=O)c2cn(C(C)(C)C)nc2-c2ccccc2Cl)CCN1. The van der Waals surface area contributed by atoms with Gasteiger partial charge in [-0.15, -0.1) is 0 Å². The van der Waals surface area contributed by atoms with Crippen molar-refractivity contribution in [3.8, 4) is 11.3 Å². The number of piperidine rings is 1. The third-order valence-corrected chi connectivity index (χ3v) is 5.06. The summed E-state index contributed by atoms with van der Waals surface area (Å²) >= 11 is 6.38. The summed E-state index contributed by atoms with van der Waals surface area (Å²) in [4.78, 5) is 13.0. The predicted molar refractivity (Wildman–Crippen MR) is 106 cm³/mol. The highest BCUT2D eigenvalue weighted by Crippen LogP contribution is 2.31. The largest absolute Gasteiger partial charge is 0.349 e. The molecule has 26 heavy (non-hydrogen) atoms. The minimum absolute atomic E-state index is 0.0884. The van der Waals surface area contributed by atoms with Crippen LogP contribution >= 0.6 is 11.6 Å². The molecule has 2 heterocycles. The van der Waals surface area contributed by atoms with Crippen LogP contribution in [0.15, 0.2) is 30.5 Å². The van der Waals surface area contributed by atoms with Gasteiger partial charge < -0.3 is 10.6 Å². The van der Waals surface area contributed by atoms with E-state index in [0.717, 1.165) is 24.9 Å². The minimum Gasteiger partial charge on any atom is -0.349 e. The molecular formula is C20H27ClN4O. The maximum atomic E-state index is 13.0. The zero-order chi connectivity index (χ0) is 18.9. The summed E-state index contributed by atoms with van der Waals surface area (Å²) < 4.78 is 1.84. The summed E-state index contributed by atoms with van der Waals surface area (Å²) in [5.74, 6) is -0.0884. The fourth-order valence-electron chi connectivity index (χ4n) is 3.26. The molecule has 1 amide bonds. The van der Waals surface area contributed by atoms with Crippen LogP contribution in [-0.4, -0.2) is 34.3 Å². The van der Waals surface area contributed by atoms with Crippen molar-refractivity contribution in [3.05, 3.63) is 41.0 Å². The molecule has 5 nitrogen and oxygen atoms in total. The molecule has 2 unspecified atom stereocenters. The van der Waals surface area contributed by atoms with Crippen molar-refractivity contribution in [3.63, 3.8) is 0 Å². The van der Waals surface area contributed by atoms with E-state index in [4.69, 9.17) is 16.7 Å². The van der Waals surface area contributed by atoms with E-state index in [1.807, 2.05) is 35.1 Å². The van der Waals surface area contributed by atoms with Crippen LogP contribution in [0.4, 0.5) is 0 Å². The molecule has 1 aliphatic heterocycles. The van der Waals surface area contributed by atoms with Crippen LogP contribution in [0.1, 0.15) is 50.9 Å². The van der Waals surface area contributed by atoms with Crippen molar-refractivity contribution in [2.24, 2.45) is 0 Å². The summed E-state index contributed by atoms with van der Waals surface area (Å²) in [5, 5.41) is 11.9. The summed E-state index contributed by atoms with van der Waals surface area (Å²) in [6.07, 6.45) is 3.70. The van der Waals surface area contributed by atoms with Crippen LogP contribution in [-0.2, 0) is 5.54 Å². The number of nitrogens with zero attached hydrogens (tertiary/aromatic N) is 2. The molecule has 6 heteroatoms. The number of hydrogen-bond donors (Lipinski definition) is 2. The number of hydrogen-bond acceptors (Lipinski definition) is 3. The maximum Gasteiger partial charge on any atom is 0.255 e. The van der Waals surface area contributed by atoms with Gasteiger partial charge in [0.25, 0.3) is 5.91 Å². The summed E-state index contributed by atoms with van der Waals surface area (Å²) in [6.45, 7) is 9.25. The Bertz CT molecular complexity index is 793. The molecule has 140 valence electrons. The van der Waals surface area contributed by atoms with Crippen LogP contribution in [0.3, 0.4) is 0 Å². The van der Waals surface area contributed by atoms with Gasteiger partial charge in [-0.3, -0.25) is 9.48 Å². The quantitative estimate of drug-likeness (QED) is 0.858. The molecule has 0 spiro atoms. The molecule has 1 aromatic carbocycles. The second-order valence-corrected chi connectivity index (χ2v) is 8.44. The van der Waals surface area contributed by atoms with E-state index in [1.54, 1.807) is 0 Å². The molecule has 2 N–H and O–H groups in total. The smallest absolute Gasteiger partial charge is 0.255 e. The Balaban J connectivity index is 1.95. The lowest BCUT2D eigenvalue weighted by Gasteiger charge is -2.28. The Labute approximate surface area is 160 Å². The predicted octanol–water partition coefficient (Wildman–Crippen LogP) is 3.83. The Morgan fingerprint density at radius 2 is 2.08 bits per heavy atom. The van der Waals surface area contributed by atoms with Gasteiger partial charge >= 0.3 is 0 Å². The second-order valence-electron chi connectivity index (χ2n) is 8.04. The molecule has 1 fully saturated rings. The van der Waals surface area contributed by atoms with Crippen LogP contribution < -0.4 is 10.6 Å². The number of amides is 1. The lowest BCUT2D eigenvalue weighted by molar-refractivity contribution is 0.0926. The highest BCUT2D eigenvalue weighted by atomic mass is 35.5. The molecule has 0 saturated carbocycles. The van der Waals surface area contributed by atoms with Crippen molar-refractivity contribution in [2.45, 2.75) is 58.2 Å². The third kappa shape index (κ3) is 4.10. The summed E-state index contributed by atoms with van der Waals surface area (Å²) in [7, 11) is 0. The summed E-state index contributed by atoms with van der Waals surface area (Å²) in [6, 6.07) is 8.10. The molecule has 2 atom stereocenters. The van der Waals surface area contributed by atoms with Crippen molar-refractivity contribution in [1.82, 2.24) is 20.4 Å². The van der Waals surface area contributed by atoms with Crippen molar-refractivity contribution >= 4 is 17.5 Å². The van der Waals surface area contributed by atoms with Gasteiger partial charge in [-0.1, -0.05) is 29.8 Å². The van der Waals surface area contributed by atoms with E-state index in [2.05, 4.69) is 38.3 Å². The van der Waals surface area contributed by atoms with Crippen molar-refractivity contribution < 1.29 is 4.79 Å². The highest BCUT2D eigenvalue weighted by Gasteiger charge is 2.26. The molecule has 1 saturated heterocycles. The van der Waals surface area contributed by atoms with Crippen LogP contribution in [0.5, 0.6) is 0 Å². The van der Waals surface area contributed by atoms with Crippen LogP contribution in [0.2, 0.25) is 5.02 Å². The first kappa shape index (κ1) is 18.9. The fraction of sp³-hybridized carbons (Fsp3) is 0.500. The first-order chi connectivity index (χ1) is 12.3. The number of aromatic nitrogens is 2. The lowest BCUT2D eigenvalue weighted by atomic mass is 10.00. The van der Waals surface area contributed by atoms with Gasteiger partial charge in [-0.25, -0.2) is 0 Å². The Morgan fingerprint density at radius 1 is 1.35 bits per heavy atom. The van der Waals surface area contributed by atoms with Gasteiger partial charge in [0.1, 0.15) is 5.69 Å². The average molecular weight is 375 g/mol. The average Bonchev–Trinajstić information content (AvgIpc) is 3.01. The maximum absolute atomic E-state index is 13.0. The van der Waals surface area contributed by atoms with Gasteiger partial charge in [0, 0.05) is 23.8 Å².